The van der Waals surface area contributed by atoms with E-state index in [1.54, 1.807) is 72.9 Å². The van der Waals surface area contributed by atoms with Gasteiger partial charge in [-0.15, -0.1) is 5.10 Å². The summed E-state index contributed by atoms with van der Waals surface area (Å²) in [4.78, 5) is 23.5. The van der Waals surface area contributed by atoms with Gasteiger partial charge in [-0.05, 0) is 55.5 Å². The van der Waals surface area contributed by atoms with E-state index in [9.17, 15) is 4.79 Å². The third-order valence-electron chi connectivity index (χ3n) is 3.96. The number of carbonyl (C=O) groups excluding carboxylic acids is 1. The number of carbonyl (C=O) groups is 1. The maximum absolute atomic E-state index is 11.6. The van der Waals surface area contributed by atoms with Crippen molar-refractivity contribution in [3.05, 3.63) is 84.2 Å². The molecule has 0 unspecified atom stereocenters. The molecule has 4 rings (SSSR count). The van der Waals surface area contributed by atoms with E-state index in [2.05, 4.69) is 30.8 Å². The van der Waals surface area contributed by atoms with Crippen LogP contribution in [-0.4, -0.2) is 37.3 Å². The number of ether oxygens (including phenoxy) is 1. The molecule has 0 aliphatic heterocycles. The number of aromatic nitrogens is 5. The number of benzene rings is 1. The van der Waals surface area contributed by atoms with Crippen molar-refractivity contribution in [2.75, 3.05) is 17.3 Å². The van der Waals surface area contributed by atoms with Gasteiger partial charge in [0.15, 0.2) is 0 Å². The summed E-state index contributed by atoms with van der Waals surface area (Å²) in [6.07, 6.45) is 6.58. The molecule has 4 N–H and O–H groups in total. The van der Waals surface area contributed by atoms with Crippen LogP contribution in [0.2, 0.25) is 5.15 Å². The predicted octanol–water partition coefficient (Wildman–Crippen LogP) is 3.60. The lowest BCUT2D eigenvalue weighted by atomic mass is 10.2. The van der Waals surface area contributed by atoms with Crippen LogP contribution in [0.3, 0.4) is 0 Å². The summed E-state index contributed by atoms with van der Waals surface area (Å²) in [5.41, 5.74) is 5.37. The van der Waals surface area contributed by atoms with E-state index in [1.807, 2.05) is 12.1 Å². The molecule has 0 saturated heterocycles. The summed E-state index contributed by atoms with van der Waals surface area (Å²) in [6, 6.07) is 14.0. The zero-order chi connectivity index (χ0) is 22.8. The number of nitrogens with two attached hydrogens (primary N) is 1. The van der Waals surface area contributed by atoms with Crippen LogP contribution in [0.25, 0.3) is 5.69 Å². The highest BCUT2D eigenvalue weighted by Crippen LogP contribution is 2.15. The van der Waals surface area contributed by atoms with Crippen LogP contribution in [-0.2, 0) is 4.74 Å². The first-order chi connectivity index (χ1) is 15.6. The fraction of sp³-hybridized carbons (Fsp3) is 0.0952. The van der Waals surface area contributed by atoms with Crippen LogP contribution < -0.4 is 16.6 Å². The van der Waals surface area contributed by atoms with Crippen molar-refractivity contribution in [3.8, 4) is 5.69 Å². The number of nitrogen functional groups attached to an aromatic ring is 1. The fourth-order valence-corrected chi connectivity index (χ4v) is 2.64. The lowest BCUT2D eigenvalue weighted by Gasteiger charge is -2.04. The molecule has 3 aromatic heterocycles. The molecule has 4 aromatic rings. The molecule has 3 heterocycles. The molecular formula is C21H21ClN8O2. The van der Waals surface area contributed by atoms with Crippen LogP contribution in [0.5, 0.6) is 0 Å². The summed E-state index contributed by atoms with van der Waals surface area (Å²) in [7, 11) is 0. The summed E-state index contributed by atoms with van der Waals surface area (Å²) < 4.78 is 6.60. The van der Waals surface area contributed by atoms with E-state index in [-0.39, 0.29) is 5.97 Å². The molecule has 0 saturated carbocycles. The van der Waals surface area contributed by atoms with Crippen molar-refractivity contribution in [3.63, 3.8) is 0 Å². The Morgan fingerprint density at radius 2 is 1.81 bits per heavy atom. The molecular weight excluding hydrogens is 432 g/mol. The lowest BCUT2D eigenvalue weighted by Crippen LogP contribution is -2.06. The zero-order valence-corrected chi connectivity index (χ0v) is 17.9. The monoisotopic (exact) mass is 452 g/mol. The van der Waals surface area contributed by atoms with Crippen LogP contribution in [0.4, 0.5) is 17.3 Å². The smallest absolute Gasteiger partial charge is 0.338 e. The van der Waals surface area contributed by atoms with Gasteiger partial charge in [0.25, 0.3) is 0 Å². The van der Waals surface area contributed by atoms with Crippen LogP contribution in [0.1, 0.15) is 17.3 Å². The van der Waals surface area contributed by atoms with E-state index in [0.29, 0.717) is 23.3 Å². The highest BCUT2D eigenvalue weighted by Gasteiger charge is 2.07. The number of esters is 1. The number of hydrogen-bond donors (Lipinski definition) is 3. The zero-order valence-electron chi connectivity index (χ0n) is 17.1. The number of halogens is 1. The van der Waals surface area contributed by atoms with Crippen molar-refractivity contribution >= 4 is 34.9 Å². The van der Waals surface area contributed by atoms with Crippen LogP contribution in [0, 0.1) is 0 Å². The van der Waals surface area contributed by atoms with Gasteiger partial charge in [0.05, 0.1) is 23.5 Å². The summed E-state index contributed by atoms with van der Waals surface area (Å²) in [5, 5.41) is 7.85. The average molecular weight is 453 g/mol. The van der Waals surface area contributed by atoms with Crippen molar-refractivity contribution in [1.29, 1.82) is 0 Å². The minimum atomic E-state index is -0.334. The van der Waals surface area contributed by atoms with Gasteiger partial charge in [0.1, 0.15) is 11.5 Å². The molecule has 11 heteroatoms. The van der Waals surface area contributed by atoms with Gasteiger partial charge in [-0.1, -0.05) is 11.6 Å². The number of pyridine rings is 2. The molecule has 32 heavy (non-hydrogen) atoms. The summed E-state index contributed by atoms with van der Waals surface area (Å²) in [6.45, 7) is 2.13. The minimum absolute atomic E-state index is 0.334. The van der Waals surface area contributed by atoms with E-state index >= 15 is 0 Å². The SMILES string of the molecule is CCOC(=O)c1ccc(Nc2ncn(-c3ccncc3)n2)cc1.NNc1ccnc(Cl)c1. The van der Waals surface area contributed by atoms with Crippen molar-refractivity contribution in [1.82, 2.24) is 24.7 Å². The topological polar surface area (TPSA) is 133 Å². The largest absolute Gasteiger partial charge is 0.462 e. The Balaban J connectivity index is 0.000000269. The third kappa shape index (κ3) is 6.49. The molecule has 0 amide bonds. The van der Waals surface area contributed by atoms with Gasteiger partial charge >= 0.3 is 5.97 Å². The first-order valence-corrected chi connectivity index (χ1v) is 9.91. The Morgan fingerprint density at radius 3 is 2.44 bits per heavy atom. The van der Waals surface area contributed by atoms with E-state index in [0.717, 1.165) is 17.1 Å². The van der Waals surface area contributed by atoms with Crippen molar-refractivity contribution < 1.29 is 9.53 Å². The Hall–Kier alpha value is -4.02. The van der Waals surface area contributed by atoms with E-state index in [4.69, 9.17) is 22.2 Å². The molecule has 164 valence electrons. The van der Waals surface area contributed by atoms with Gasteiger partial charge < -0.3 is 15.5 Å². The molecule has 0 fully saturated rings. The van der Waals surface area contributed by atoms with E-state index < -0.39 is 0 Å². The highest BCUT2D eigenvalue weighted by atomic mass is 35.5. The van der Waals surface area contributed by atoms with E-state index in [1.165, 1.54) is 0 Å². The normalized spacial score (nSPS) is 9.97. The quantitative estimate of drug-likeness (QED) is 0.173. The minimum Gasteiger partial charge on any atom is -0.462 e. The number of nitrogens with zero attached hydrogens (tertiary/aromatic N) is 5. The molecule has 0 atom stereocenters. The van der Waals surface area contributed by atoms with Gasteiger partial charge in [0, 0.05) is 24.3 Å². The summed E-state index contributed by atoms with van der Waals surface area (Å²) >= 11 is 5.52. The Labute approximate surface area is 189 Å². The number of hydrogen-bond acceptors (Lipinski definition) is 9. The van der Waals surface area contributed by atoms with Crippen LogP contribution in [0.15, 0.2) is 73.4 Å². The number of anilines is 3. The molecule has 0 bridgehead atoms. The molecule has 0 spiro atoms. The third-order valence-corrected chi connectivity index (χ3v) is 4.17. The summed E-state index contributed by atoms with van der Waals surface area (Å²) in [5.74, 6) is 5.21. The first-order valence-electron chi connectivity index (χ1n) is 9.53. The molecule has 0 aliphatic rings. The molecule has 10 nitrogen and oxygen atoms in total. The van der Waals surface area contributed by atoms with Crippen LogP contribution >= 0.6 is 11.6 Å². The Bertz CT molecular complexity index is 1140. The van der Waals surface area contributed by atoms with Gasteiger partial charge in [-0.2, -0.15) is 4.98 Å². The van der Waals surface area contributed by atoms with Gasteiger partial charge in [-0.3, -0.25) is 10.8 Å². The Kier molecular flexibility index (Phi) is 8.07. The van der Waals surface area contributed by atoms with Crippen molar-refractivity contribution in [2.24, 2.45) is 5.84 Å². The average Bonchev–Trinajstić information content (AvgIpc) is 3.29. The first kappa shape index (κ1) is 22.7. The second kappa shape index (κ2) is 11.4. The number of rotatable bonds is 6. The number of hydrazine groups is 1. The standard InChI is InChI=1S/C16H15N5O2.C5H6ClN3/c1-2-23-15(22)12-3-5-13(6-4-12)19-16-18-11-21(20-16)14-7-9-17-10-8-14;6-5-3-4(9-7)1-2-8-5/h3-11H,2H2,1H3,(H,19,20);1-3H,7H2,(H,8,9). The number of nitrogens with one attached hydrogen (secondary N) is 2. The molecule has 0 radical (unpaired) electrons. The highest BCUT2D eigenvalue weighted by molar-refractivity contribution is 6.29. The predicted molar refractivity (Wildman–Crippen MR) is 122 cm³/mol. The van der Waals surface area contributed by atoms with Gasteiger partial charge in [0.2, 0.25) is 5.95 Å². The fourth-order valence-electron chi connectivity index (χ4n) is 2.47. The lowest BCUT2D eigenvalue weighted by molar-refractivity contribution is 0.0526. The maximum atomic E-state index is 11.6. The van der Waals surface area contributed by atoms with Gasteiger partial charge in [-0.25, -0.2) is 14.5 Å². The molecule has 1 aromatic carbocycles. The van der Waals surface area contributed by atoms with Crippen molar-refractivity contribution in [2.45, 2.75) is 6.92 Å². The second-order valence-electron chi connectivity index (χ2n) is 6.15. The second-order valence-corrected chi connectivity index (χ2v) is 6.54. The Morgan fingerprint density at radius 1 is 1.06 bits per heavy atom. The maximum Gasteiger partial charge on any atom is 0.338 e. The molecule has 0 aliphatic carbocycles.